The lowest BCUT2D eigenvalue weighted by atomic mass is 9.70. The summed E-state index contributed by atoms with van der Waals surface area (Å²) in [5, 5.41) is 2.98. The Labute approximate surface area is 151 Å². The van der Waals surface area contributed by atoms with Crippen molar-refractivity contribution >= 4 is 23.2 Å². The molecule has 1 heterocycles. The van der Waals surface area contributed by atoms with Gasteiger partial charge in [0.05, 0.1) is 5.41 Å². The molecule has 0 amide bonds. The largest absolute Gasteiger partial charge is 0.289 e. The van der Waals surface area contributed by atoms with Crippen LogP contribution in [-0.2, 0) is 5.41 Å². The van der Waals surface area contributed by atoms with Crippen LogP contribution in [0.15, 0.2) is 83.9 Å². The molecule has 0 spiro atoms. The van der Waals surface area contributed by atoms with Gasteiger partial charge in [0.1, 0.15) is 5.01 Å². The minimum atomic E-state index is -0.427. The molecular weight excluding hydrogens is 326 g/mol. The van der Waals surface area contributed by atoms with Crippen LogP contribution in [0.3, 0.4) is 0 Å². The molecule has 4 rings (SSSR count). The number of carbonyl (C=O) groups excluding carboxylic acids is 1. The number of ketones is 1. The molecule has 0 saturated heterocycles. The van der Waals surface area contributed by atoms with E-state index in [4.69, 9.17) is 0 Å². The number of aromatic nitrogens is 1. The van der Waals surface area contributed by atoms with Crippen LogP contribution in [0.4, 0.5) is 0 Å². The molecule has 25 heavy (non-hydrogen) atoms. The van der Waals surface area contributed by atoms with Crippen molar-refractivity contribution in [1.82, 2.24) is 4.98 Å². The molecule has 1 aromatic heterocycles. The summed E-state index contributed by atoms with van der Waals surface area (Å²) in [6.07, 6.45) is 7.70. The molecule has 0 bridgehead atoms. The van der Waals surface area contributed by atoms with Gasteiger partial charge in [-0.2, -0.15) is 0 Å². The Morgan fingerprint density at radius 2 is 1.80 bits per heavy atom. The Kier molecular flexibility index (Phi) is 3.94. The van der Waals surface area contributed by atoms with E-state index in [0.717, 1.165) is 10.6 Å². The Morgan fingerprint density at radius 3 is 2.56 bits per heavy atom. The van der Waals surface area contributed by atoms with E-state index in [0.29, 0.717) is 5.56 Å². The minimum absolute atomic E-state index is 0.0161. The first-order valence-electron chi connectivity index (χ1n) is 8.19. The Bertz CT molecular complexity index is 970. The SMILES string of the molecule is CC1(c2nccs2)C(=CC(=O)c2ccccc2)C=Cc2ccccc21. The van der Waals surface area contributed by atoms with E-state index in [1.165, 1.54) is 11.1 Å². The summed E-state index contributed by atoms with van der Waals surface area (Å²) in [6.45, 7) is 2.15. The van der Waals surface area contributed by atoms with Gasteiger partial charge in [0.25, 0.3) is 0 Å². The second-order valence-electron chi connectivity index (χ2n) is 6.21. The Balaban J connectivity index is 1.88. The maximum atomic E-state index is 12.8. The number of benzene rings is 2. The van der Waals surface area contributed by atoms with Crippen molar-refractivity contribution in [1.29, 1.82) is 0 Å². The van der Waals surface area contributed by atoms with Crippen molar-refractivity contribution < 1.29 is 4.79 Å². The van der Waals surface area contributed by atoms with E-state index in [1.54, 1.807) is 17.4 Å². The summed E-state index contributed by atoms with van der Waals surface area (Å²) in [7, 11) is 0. The van der Waals surface area contributed by atoms with Crippen molar-refractivity contribution in [2.75, 3.05) is 0 Å². The molecule has 2 aromatic carbocycles. The third kappa shape index (κ3) is 2.67. The van der Waals surface area contributed by atoms with Gasteiger partial charge in [-0.05, 0) is 29.7 Å². The van der Waals surface area contributed by atoms with E-state index in [1.807, 2.05) is 60.1 Å². The highest BCUT2D eigenvalue weighted by Gasteiger charge is 2.38. The number of fused-ring (bicyclic) bond motifs is 1. The van der Waals surface area contributed by atoms with Gasteiger partial charge in [-0.25, -0.2) is 4.98 Å². The first kappa shape index (κ1) is 15.7. The highest BCUT2D eigenvalue weighted by Crippen LogP contribution is 2.45. The normalized spacial score (nSPS) is 20.4. The lowest BCUT2D eigenvalue weighted by Gasteiger charge is -2.34. The zero-order valence-electron chi connectivity index (χ0n) is 13.8. The smallest absolute Gasteiger partial charge is 0.186 e. The van der Waals surface area contributed by atoms with Crippen LogP contribution in [0.1, 0.15) is 33.4 Å². The monoisotopic (exact) mass is 343 g/mol. The van der Waals surface area contributed by atoms with Gasteiger partial charge >= 0.3 is 0 Å². The molecule has 0 N–H and O–H groups in total. The van der Waals surface area contributed by atoms with Gasteiger partial charge < -0.3 is 0 Å². The van der Waals surface area contributed by atoms with Crippen LogP contribution in [-0.4, -0.2) is 10.8 Å². The molecule has 3 aromatic rings. The summed E-state index contributed by atoms with van der Waals surface area (Å²) in [5.41, 5.74) is 3.59. The zero-order chi connectivity index (χ0) is 17.3. The molecule has 0 fully saturated rings. The lowest BCUT2D eigenvalue weighted by Crippen LogP contribution is -2.29. The standard InChI is InChI=1S/C22H17NOS/c1-22(21-23-13-14-25-21)18(12-11-16-7-5-6-10-19(16)22)15-20(24)17-8-3-2-4-9-17/h2-15H,1H3. The number of carbonyl (C=O) groups is 1. The third-order valence-electron chi connectivity index (χ3n) is 4.72. The average molecular weight is 343 g/mol. The summed E-state index contributed by atoms with van der Waals surface area (Å²) >= 11 is 1.62. The van der Waals surface area contributed by atoms with E-state index in [9.17, 15) is 4.79 Å². The Hall–Kier alpha value is -2.78. The number of nitrogens with zero attached hydrogens (tertiary/aromatic N) is 1. The van der Waals surface area contributed by atoms with Gasteiger partial charge in [-0.15, -0.1) is 11.3 Å². The van der Waals surface area contributed by atoms with Gasteiger partial charge in [0.15, 0.2) is 5.78 Å². The van der Waals surface area contributed by atoms with Crippen molar-refractivity contribution in [3.8, 4) is 0 Å². The summed E-state index contributed by atoms with van der Waals surface area (Å²) in [5.74, 6) is 0.0161. The maximum Gasteiger partial charge on any atom is 0.186 e. The van der Waals surface area contributed by atoms with E-state index < -0.39 is 5.41 Å². The zero-order valence-corrected chi connectivity index (χ0v) is 14.7. The predicted molar refractivity (Wildman–Crippen MR) is 103 cm³/mol. The van der Waals surface area contributed by atoms with Gasteiger partial charge in [0, 0.05) is 17.1 Å². The van der Waals surface area contributed by atoms with Gasteiger partial charge in [-0.3, -0.25) is 4.79 Å². The van der Waals surface area contributed by atoms with E-state index >= 15 is 0 Å². The van der Waals surface area contributed by atoms with Crippen LogP contribution < -0.4 is 0 Å². The van der Waals surface area contributed by atoms with E-state index in [2.05, 4.69) is 30.1 Å². The van der Waals surface area contributed by atoms with Crippen molar-refractivity contribution in [2.45, 2.75) is 12.3 Å². The van der Waals surface area contributed by atoms with Crippen molar-refractivity contribution in [2.24, 2.45) is 0 Å². The molecule has 0 radical (unpaired) electrons. The minimum Gasteiger partial charge on any atom is -0.289 e. The lowest BCUT2D eigenvalue weighted by molar-refractivity contribution is 0.104. The van der Waals surface area contributed by atoms with Gasteiger partial charge in [0.2, 0.25) is 0 Å². The highest BCUT2D eigenvalue weighted by atomic mass is 32.1. The number of rotatable bonds is 3. The van der Waals surface area contributed by atoms with Crippen molar-refractivity contribution in [3.05, 3.63) is 106 Å². The van der Waals surface area contributed by atoms with Crippen LogP contribution in [0.2, 0.25) is 0 Å². The number of allylic oxidation sites excluding steroid dienone is 3. The number of hydrogen-bond acceptors (Lipinski definition) is 3. The average Bonchev–Trinajstić information content (AvgIpc) is 3.20. The second-order valence-corrected chi connectivity index (χ2v) is 7.11. The fourth-order valence-electron chi connectivity index (χ4n) is 3.33. The molecule has 1 unspecified atom stereocenters. The van der Waals surface area contributed by atoms with Crippen molar-refractivity contribution in [3.63, 3.8) is 0 Å². The number of hydrogen-bond donors (Lipinski definition) is 0. The molecule has 2 nitrogen and oxygen atoms in total. The fourth-order valence-corrected chi connectivity index (χ4v) is 4.16. The molecule has 3 heteroatoms. The van der Waals surface area contributed by atoms with Crippen LogP contribution in [0, 0.1) is 0 Å². The molecular formula is C22H17NOS. The third-order valence-corrected chi connectivity index (χ3v) is 5.72. The van der Waals surface area contributed by atoms with Crippen LogP contribution in [0.5, 0.6) is 0 Å². The molecule has 1 aliphatic rings. The number of thiazole rings is 1. The first-order valence-corrected chi connectivity index (χ1v) is 9.06. The second kappa shape index (κ2) is 6.26. The summed E-state index contributed by atoms with van der Waals surface area (Å²) in [6, 6.07) is 17.7. The summed E-state index contributed by atoms with van der Waals surface area (Å²) < 4.78 is 0. The molecule has 122 valence electrons. The first-order chi connectivity index (χ1) is 12.2. The topological polar surface area (TPSA) is 30.0 Å². The molecule has 1 atom stereocenters. The highest BCUT2D eigenvalue weighted by molar-refractivity contribution is 7.09. The molecule has 0 aliphatic heterocycles. The summed E-state index contributed by atoms with van der Waals surface area (Å²) in [4.78, 5) is 17.3. The molecule has 1 aliphatic carbocycles. The fraction of sp³-hybridized carbons (Fsp3) is 0.0909. The predicted octanol–water partition coefficient (Wildman–Crippen LogP) is 5.29. The quantitative estimate of drug-likeness (QED) is 0.478. The van der Waals surface area contributed by atoms with Crippen LogP contribution in [0.25, 0.3) is 6.08 Å². The van der Waals surface area contributed by atoms with Gasteiger partial charge in [-0.1, -0.05) is 66.7 Å². The Morgan fingerprint density at radius 1 is 1.04 bits per heavy atom. The van der Waals surface area contributed by atoms with E-state index in [-0.39, 0.29) is 5.78 Å². The molecule has 0 saturated carbocycles. The van der Waals surface area contributed by atoms with Crippen LogP contribution >= 0.6 is 11.3 Å². The maximum absolute atomic E-state index is 12.8.